The molecule has 1 aromatic heterocycles. The van der Waals surface area contributed by atoms with Crippen molar-refractivity contribution in [3.05, 3.63) is 72.1 Å². The van der Waals surface area contributed by atoms with E-state index in [-0.39, 0.29) is 0 Å². The average molecular weight is 348 g/mol. The number of aliphatic imine (C=N–C) groups is 1. The molecule has 0 saturated carbocycles. The highest BCUT2D eigenvalue weighted by atomic mass is 16.5. The molecule has 5 nitrogen and oxygen atoms in total. The number of nitrogens with one attached hydrogen (secondary N) is 2. The lowest BCUT2D eigenvalue weighted by Gasteiger charge is -2.12. The molecule has 0 radical (unpaired) electrons. The largest absolute Gasteiger partial charge is 0.497 e. The zero-order chi connectivity index (χ0) is 18.2. The molecule has 0 aliphatic heterocycles. The van der Waals surface area contributed by atoms with Crippen molar-refractivity contribution in [2.45, 2.75) is 20.0 Å². The van der Waals surface area contributed by atoms with Crippen LogP contribution in [0.3, 0.4) is 0 Å². The topological polar surface area (TPSA) is 58.5 Å². The number of aromatic nitrogens is 1. The molecule has 26 heavy (non-hydrogen) atoms. The lowest BCUT2D eigenvalue weighted by molar-refractivity contribution is 0.414. The molecular formula is C21H24N4O. The molecule has 0 amide bonds. The molecule has 2 N–H and O–H groups in total. The SMILES string of the molecule is CCNC(=NCc1ccc(OC)cc1)NCc1nccc2ccccc12. The third-order valence-corrected chi connectivity index (χ3v) is 4.10. The van der Waals surface area contributed by atoms with Gasteiger partial charge in [-0.3, -0.25) is 4.98 Å². The van der Waals surface area contributed by atoms with Gasteiger partial charge in [0, 0.05) is 18.1 Å². The third kappa shape index (κ3) is 4.51. The summed E-state index contributed by atoms with van der Waals surface area (Å²) in [6, 6.07) is 18.3. The Labute approximate surface area is 154 Å². The molecule has 134 valence electrons. The Kier molecular flexibility index (Phi) is 6.04. The van der Waals surface area contributed by atoms with Gasteiger partial charge in [-0.1, -0.05) is 36.4 Å². The first-order valence-electron chi connectivity index (χ1n) is 8.78. The predicted octanol–water partition coefficient (Wildman–Crippen LogP) is 3.50. The van der Waals surface area contributed by atoms with Gasteiger partial charge in [-0.25, -0.2) is 4.99 Å². The van der Waals surface area contributed by atoms with Gasteiger partial charge in [0.2, 0.25) is 0 Å². The zero-order valence-corrected chi connectivity index (χ0v) is 15.2. The second kappa shape index (κ2) is 8.85. The molecule has 0 fully saturated rings. The van der Waals surface area contributed by atoms with Crippen LogP contribution in [0.2, 0.25) is 0 Å². The molecule has 0 atom stereocenters. The lowest BCUT2D eigenvalue weighted by atomic mass is 10.1. The lowest BCUT2D eigenvalue weighted by Crippen LogP contribution is -2.37. The summed E-state index contributed by atoms with van der Waals surface area (Å²) in [5.74, 6) is 1.63. The van der Waals surface area contributed by atoms with Crippen LogP contribution in [-0.2, 0) is 13.1 Å². The molecule has 5 heteroatoms. The summed E-state index contributed by atoms with van der Waals surface area (Å²) < 4.78 is 5.19. The summed E-state index contributed by atoms with van der Waals surface area (Å²) in [7, 11) is 1.67. The fourth-order valence-electron chi connectivity index (χ4n) is 2.73. The number of ether oxygens (including phenoxy) is 1. The number of benzene rings is 2. The summed E-state index contributed by atoms with van der Waals surface area (Å²) in [6.07, 6.45) is 1.85. The molecule has 0 saturated heterocycles. The van der Waals surface area contributed by atoms with E-state index in [0.29, 0.717) is 13.1 Å². The zero-order valence-electron chi connectivity index (χ0n) is 15.2. The fourth-order valence-corrected chi connectivity index (χ4v) is 2.73. The minimum Gasteiger partial charge on any atom is -0.497 e. The van der Waals surface area contributed by atoms with Gasteiger partial charge in [0.1, 0.15) is 5.75 Å². The molecule has 3 aromatic rings. The van der Waals surface area contributed by atoms with Crippen molar-refractivity contribution in [1.29, 1.82) is 0 Å². The molecule has 0 bridgehead atoms. The Bertz CT molecular complexity index is 869. The van der Waals surface area contributed by atoms with Crippen LogP contribution in [0.5, 0.6) is 5.75 Å². The smallest absolute Gasteiger partial charge is 0.191 e. The van der Waals surface area contributed by atoms with E-state index in [0.717, 1.165) is 34.9 Å². The Morgan fingerprint density at radius 3 is 2.62 bits per heavy atom. The Morgan fingerprint density at radius 2 is 1.85 bits per heavy atom. The van der Waals surface area contributed by atoms with Gasteiger partial charge in [-0.05, 0) is 36.1 Å². The van der Waals surface area contributed by atoms with E-state index in [4.69, 9.17) is 4.74 Å². The number of rotatable bonds is 6. The quantitative estimate of drug-likeness (QED) is 0.529. The monoisotopic (exact) mass is 348 g/mol. The Balaban J connectivity index is 1.69. The van der Waals surface area contributed by atoms with Crippen LogP contribution in [0.1, 0.15) is 18.2 Å². The maximum absolute atomic E-state index is 5.19. The minimum atomic E-state index is 0.599. The number of guanidine groups is 1. The van der Waals surface area contributed by atoms with Crippen molar-refractivity contribution in [1.82, 2.24) is 15.6 Å². The molecule has 0 unspecified atom stereocenters. The number of hydrogen-bond donors (Lipinski definition) is 2. The van der Waals surface area contributed by atoms with E-state index >= 15 is 0 Å². The predicted molar refractivity (Wildman–Crippen MR) is 106 cm³/mol. The number of hydrogen-bond acceptors (Lipinski definition) is 3. The van der Waals surface area contributed by atoms with Crippen molar-refractivity contribution in [3.63, 3.8) is 0 Å². The summed E-state index contributed by atoms with van der Waals surface area (Å²) in [6.45, 7) is 4.08. The molecule has 0 aliphatic rings. The van der Waals surface area contributed by atoms with E-state index in [1.54, 1.807) is 7.11 Å². The van der Waals surface area contributed by atoms with Crippen molar-refractivity contribution < 1.29 is 4.74 Å². The molecule has 1 heterocycles. The summed E-state index contributed by atoms with van der Waals surface area (Å²) in [5.41, 5.74) is 2.14. The van der Waals surface area contributed by atoms with Gasteiger partial charge >= 0.3 is 0 Å². The van der Waals surface area contributed by atoms with Crippen LogP contribution in [-0.4, -0.2) is 24.6 Å². The molecule has 0 spiro atoms. The van der Waals surface area contributed by atoms with Gasteiger partial charge in [0.15, 0.2) is 5.96 Å². The van der Waals surface area contributed by atoms with Crippen molar-refractivity contribution in [3.8, 4) is 5.75 Å². The second-order valence-electron chi connectivity index (χ2n) is 5.88. The van der Waals surface area contributed by atoms with Crippen LogP contribution >= 0.6 is 0 Å². The first-order valence-corrected chi connectivity index (χ1v) is 8.78. The Morgan fingerprint density at radius 1 is 1.04 bits per heavy atom. The highest BCUT2D eigenvalue weighted by molar-refractivity contribution is 5.85. The van der Waals surface area contributed by atoms with Gasteiger partial charge in [0.25, 0.3) is 0 Å². The highest BCUT2D eigenvalue weighted by Crippen LogP contribution is 2.16. The van der Waals surface area contributed by atoms with Gasteiger partial charge in [-0.15, -0.1) is 0 Å². The average Bonchev–Trinajstić information content (AvgIpc) is 2.70. The van der Waals surface area contributed by atoms with Crippen LogP contribution < -0.4 is 15.4 Å². The first kappa shape index (κ1) is 17.7. The Hall–Kier alpha value is -3.08. The maximum atomic E-state index is 5.19. The van der Waals surface area contributed by atoms with E-state index in [2.05, 4.69) is 39.7 Å². The maximum Gasteiger partial charge on any atom is 0.191 e. The minimum absolute atomic E-state index is 0.599. The van der Waals surface area contributed by atoms with Crippen molar-refractivity contribution >= 4 is 16.7 Å². The molecular weight excluding hydrogens is 324 g/mol. The van der Waals surface area contributed by atoms with Gasteiger partial charge in [0.05, 0.1) is 25.9 Å². The van der Waals surface area contributed by atoms with Crippen molar-refractivity contribution in [2.75, 3.05) is 13.7 Å². The van der Waals surface area contributed by atoms with Crippen LogP contribution in [0.15, 0.2) is 65.8 Å². The summed E-state index contributed by atoms with van der Waals surface area (Å²) in [4.78, 5) is 9.18. The normalized spacial score (nSPS) is 11.4. The third-order valence-electron chi connectivity index (χ3n) is 4.10. The number of nitrogens with zero attached hydrogens (tertiary/aromatic N) is 2. The fraction of sp³-hybridized carbons (Fsp3) is 0.238. The van der Waals surface area contributed by atoms with E-state index < -0.39 is 0 Å². The first-order chi connectivity index (χ1) is 12.8. The van der Waals surface area contributed by atoms with Crippen molar-refractivity contribution in [2.24, 2.45) is 4.99 Å². The standard InChI is InChI=1S/C21H24N4O/c1-3-22-21(24-14-16-8-10-18(26-2)11-9-16)25-15-20-19-7-5-4-6-17(19)12-13-23-20/h4-13H,3,14-15H2,1-2H3,(H2,22,24,25). The summed E-state index contributed by atoms with van der Waals surface area (Å²) >= 11 is 0. The van der Waals surface area contributed by atoms with Gasteiger partial charge in [-0.2, -0.15) is 0 Å². The number of pyridine rings is 1. The van der Waals surface area contributed by atoms with E-state index in [1.807, 2.05) is 48.7 Å². The van der Waals surface area contributed by atoms with Crippen LogP contribution in [0.4, 0.5) is 0 Å². The molecule has 2 aromatic carbocycles. The highest BCUT2D eigenvalue weighted by Gasteiger charge is 2.04. The number of fused-ring (bicyclic) bond motifs is 1. The van der Waals surface area contributed by atoms with Gasteiger partial charge < -0.3 is 15.4 Å². The van der Waals surface area contributed by atoms with Crippen LogP contribution in [0.25, 0.3) is 10.8 Å². The van der Waals surface area contributed by atoms with E-state index in [9.17, 15) is 0 Å². The summed E-state index contributed by atoms with van der Waals surface area (Å²) in [5, 5.41) is 9.01. The van der Waals surface area contributed by atoms with E-state index in [1.165, 1.54) is 5.39 Å². The van der Waals surface area contributed by atoms with Crippen LogP contribution in [0, 0.1) is 0 Å². The second-order valence-corrected chi connectivity index (χ2v) is 5.88. The molecule has 0 aliphatic carbocycles. The number of methoxy groups -OCH3 is 1. The molecule has 3 rings (SSSR count).